The highest BCUT2D eigenvalue weighted by atomic mass is 16.3. The van der Waals surface area contributed by atoms with Crippen LogP contribution in [0.25, 0.3) is 0 Å². The van der Waals surface area contributed by atoms with Crippen LogP contribution in [0.3, 0.4) is 0 Å². The van der Waals surface area contributed by atoms with Gasteiger partial charge in [-0.3, -0.25) is 4.68 Å². The number of hydrogen-bond donors (Lipinski definition) is 1. The van der Waals surface area contributed by atoms with Crippen molar-refractivity contribution in [2.45, 2.75) is 39.2 Å². The fourth-order valence-corrected chi connectivity index (χ4v) is 3.10. The Balaban J connectivity index is 2.06. The van der Waals surface area contributed by atoms with Crippen molar-refractivity contribution in [2.75, 3.05) is 0 Å². The minimum Gasteiger partial charge on any atom is -0.386 e. The van der Waals surface area contributed by atoms with Gasteiger partial charge < -0.3 is 5.11 Å². The number of hydrogen-bond acceptors (Lipinski definition) is 2. The van der Waals surface area contributed by atoms with Gasteiger partial charge in [0.2, 0.25) is 0 Å². The van der Waals surface area contributed by atoms with E-state index in [-0.39, 0.29) is 6.10 Å². The summed E-state index contributed by atoms with van der Waals surface area (Å²) in [5, 5.41) is 14.6. The smallest absolute Gasteiger partial charge is 0.101 e. The van der Waals surface area contributed by atoms with Gasteiger partial charge in [-0.25, -0.2) is 0 Å². The van der Waals surface area contributed by atoms with E-state index >= 15 is 0 Å². The van der Waals surface area contributed by atoms with Gasteiger partial charge in [0.25, 0.3) is 0 Å². The lowest BCUT2D eigenvalue weighted by Crippen LogP contribution is -2.25. The van der Waals surface area contributed by atoms with Crippen molar-refractivity contribution in [3.05, 3.63) is 18.0 Å². The van der Waals surface area contributed by atoms with E-state index in [9.17, 15) is 5.11 Å². The molecular formula is C13H22N2O. The molecule has 1 heterocycles. The zero-order chi connectivity index (χ0) is 11.7. The van der Waals surface area contributed by atoms with Crippen LogP contribution in [0.2, 0.25) is 0 Å². The fourth-order valence-electron chi connectivity index (χ4n) is 3.10. The first-order valence-electron chi connectivity index (χ1n) is 6.24. The number of aromatic nitrogens is 2. The van der Waals surface area contributed by atoms with Crippen molar-refractivity contribution >= 4 is 0 Å². The fraction of sp³-hybridized carbons (Fsp3) is 0.769. The van der Waals surface area contributed by atoms with E-state index in [4.69, 9.17) is 0 Å². The Kier molecular flexibility index (Phi) is 3.33. The Morgan fingerprint density at radius 2 is 1.94 bits per heavy atom. The van der Waals surface area contributed by atoms with Crippen molar-refractivity contribution in [3.8, 4) is 0 Å². The summed E-state index contributed by atoms with van der Waals surface area (Å²) in [6, 6.07) is 1.93. The molecule has 1 N–H and O–H groups in total. The topological polar surface area (TPSA) is 38.0 Å². The van der Waals surface area contributed by atoms with Gasteiger partial charge in [0.15, 0.2) is 0 Å². The molecule has 0 spiro atoms. The molecule has 3 heteroatoms. The molecule has 0 radical (unpaired) electrons. The number of aliphatic hydroxyl groups excluding tert-OH is 1. The minimum atomic E-state index is -0.383. The summed E-state index contributed by atoms with van der Waals surface area (Å²) in [5.74, 6) is 1.84. The van der Waals surface area contributed by atoms with E-state index in [0.29, 0.717) is 5.92 Å². The number of aliphatic hydroxyl groups is 1. The predicted octanol–water partition coefficient (Wildman–Crippen LogP) is 2.53. The molecular weight excluding hydrogens is 200 g/mol. The predicted molar refractivity (Wildman–Crippen MR) is 63.8 cm³/mol. The third kappa shape index (κ3) is 2.46. The quantitative estimate of drug-likeness (QED) is 0.835. The Labute approximate surface area is 97.5 Å². The third-order valence-electron chi connectivity index (χ3n) is 3.70. The number of rotatable bonds is 2. The van der Waals surface area contributed by atoms with Gasteiger partial charge in [0.05, 0.1) is 5.69 Å². The highest BCUT2D eigenvalue weighted by molar-refractivity contribution is 5.05. The minimum absolute atomic E-state index is 0.383. The van der Waals surface area contributed by atoms with E-state index in [1.165, 1.54) is 6.42 Å². The lowest BCUT2D eigenvalue weighted by molar-refractivity contribution is 0.0518. The largest absolute Gasteiger partial charge is 0.386 e. The molecule has 2 rings (SSSR count). The molecule has 1 fully saturated rings. The van der Waals surface area contributed by atoms with Gasteiger partial charge in [-0.15, -0.1) is 0 Å². The molecule has 1 saturated carbocycles. The zero-order valence-corrected chi connectivity index (χ0v) is 10.4. The van der Waals surface area contributed by atoms with Gasteiger partial charge in [-0.2, -0.15) is 5.10 Å². The Hall–Kier alpha value is -0.830. The average molecular weight is 222 g/mol. The summed E-state index contributed by atoms with van der Waals surface area (Å²) in [7, 11) is 1.89. The average Bonchev–Trinajstić information content (AvgIpc) is 2.62. The van der Waals surface area contributed by atoms with Crippen LogP contribution >= 0.6 is 0 Å². The second-order valence-corrected chi connectivity index (χ2v) is 5.54. The SMILES string of the molecule is CC1CC(C)CC(C(O)c2ccn(C)n2)C1. The van der Waals surface area contributed by atoms with E-state index in [1.807, 2.05) is 19.3 Å². The van der Waals surface area contributed by atoms with Crippen LogP contribution in [0, 0.1) is 17.8 Å². The molecule has 0 bridgehead atoms. The second-order valence-electron chi connectivity index (χ2n) is 5.54. The molecule has 3 atom stereocenters. The molecule has 16 heavy (non-hydrogen) atoms. The molecule has 0 saturated heterocycles. The van der Waals surface area contributed by atoms with Crippen molar-refractivity contribution in [1.29, 1.82) is 0 Å². The van der Waals surface area contributed by atoms with Crippen LogP contribution in [0.1, 0.15) is 44.9 Å². The molecule has 0 amide bonds. The lowest BCUT2D eigenvalue weighted by Gasteiger charge is -2.33. The summed E-state index contributed by atoms with van der Waals surface area (Å²) in [6.45, 7) is 4.57. The summed E-state index contributed by atoms with van der Waals surface area (Å²) >= 11 is 0. The highest BCUT2D eigenvalue weighted by Gasteiger charge is 2.30. The first kappa shape index (κ1) is 11.6. The lowest BCUT2D eigenvalue weighted by atomic mass is 9.74. The Bertz CT molecular complexity index is 337. The van der Waals surface area contributed by atoms with Crippen LogP contribution < -0.4 is 0 Å². The van der Waals surface area contributed by atoms with Crippen LogP contribution in [-0.4, -0.2) is 14.9 Å². The molecule has 1 aliphatic carbocycles. The van der Waals surface area contributed by atoms with Gasteiger partial charge in [0.1, 0.15) is 6.10 Å². The van der Waals surface area contributed by atoms with Gasteiger partial charge in [-0.05, 0) is 43.1 Å². The first-order valence-corrected chi connectivity index (χ1v) is 6.24. The summed E-state index contributed by atoms with van der Waals surface area (Å²) in [4.78, 5) is 0. The monoisotopic (exact) mass is 222 g/mol. The van der Waals surface area contributed by atoms with Crippen molar-refractivity contribution in [3.63, 3.8) is 0 Å². The normalized spacial score (nSPS) is 32.6. The Morgan fingerprint density at radius 1 is 1.31 bits per heavy atom. The standard InChI is InChI=1S/C13H22N2O/c1-9-6-10(2)8-11(7-9)13(16)12-4-5-15(3)14-12/h4-5,9-11,13,16H,6-8H2,1-3H3. The second kappa shape index (κ2) is 4.58. The molecule has 90 valence electrons. The van der Waals surface area contributed by atoms with Crippen molar-refractivity contribution in [1.82, 2.24) is 9.78 Å². The maximum Gasteiger partial charge on any atom is 0.101 e. The Morgan fingerprint density at radius 3 is 2.44 bits per heavy atom. The van der Waals surface area contributed by atoms with Crippen molar-refractivity contribution < 1.29 is 5.11 Å². The highest BCUT2D eigenvalue weighted by Crippen LogP contribution is 2.39. The summed E-state index contributed by atoms with van der Waals surface area (Å²) in [6.07, 6.45) is 5.07. The summed E-state index contributed by atoms with van der Waals surface area (Å²) in [5.41, 5.74) is 0.828. The maximum atomic E-state index is 10.3. The molecule has 0 aliphatic heterocycles. The van der Waals surface area contributed by atoms with E-state index < -0.39 is 0 Å². The first-order chi connectivity index (χ1) is 7.56. The molecule has 1 aliphatic rings. The molecule has 3 nitrogen and oxygen atoms in total. The molecule has 3 unspecified atom stereocenters. The van der Waals surface area contributed by atoms with Gasteiger partial charge in [0, 0.05) is 13.2 Å². The van der Waals surface area contributed by atoms with Crippen molar-refractivity contribution in [2.24, 2.45) is 24.8 Å². The van der Waals surface area contributed by atoms with E-state index in [1.54, 1.807) is 4.68 Å². The van der Waals surface area contributed by atoms with E-state index in [0.717, 1.165) is 30.4 Å². The van der Waals surface area contributed by atoms with Crippen LogP contribution in [-0.2, 0) is 7.05 Å². The zero-order valence-electron chi connectivity index (χ0n) is 10.4. The van der Waals surface area contributed by atoms with Gasteiger partial charge in [-0.1, -0.05) is 13.8 Å². The third-order valence-corrected chi connectivity index (χ3v) is 3.70. The van der Waals surface area contributed by atoms with Crippen LogP contribution in [0.5, 0.6) is 0 Å². The number of aryl methyl sites for hydroxylation is 1. The van der Waals surface area contributed by atoms with Crippen LogP contribution in [0.15, 0.2) is 12.3 Å². The van der Waals surface area contributed by atoms with Crippen LogP contribution in [0.4, 0.5) is 0 Å². The molecule has 0 aromatic carbocycles. The maximum absolute atomic E-state index is 10.3. The number of nitrogens with zero attached hydrogens (tertiary/aromatic N) is 2. The molecule has 1 aromatic heterocycles. The van der Waals surface area contributed by atoms with E-state index in [2.05, 4.69) is 18.9 Å². The molecule has 1 aromatic rings. The summed E-state index contributed by atoms with van der Waals surface area (Å²) < 4.78 is 1.76. The van der Waals surface area contributed by atoms with Gasteiger partial charge >= 0.3 is 0 Å².